The lowest BCUT2D eigenvalue weighted by Crippen LogP contribution is -2.14. The maximum absolute atomic E-state index is 11.4. The van der Waals surface area contributed by atoms with Crippen molar-refractivity contribution in [1.82, 2.24) is 0 Å². The number of carbonyl (C=O) groups excluding carboxylic acids is 1. The van der Waals surface area contributed by atoms with Crippen LogP contribution >= 0.6 is 11.3 Å². The predicted molar refractivity (Wildman–Crippen MR) is 60.0 cm³/mol. The van der Waals surface area contributed by atoms with Gasteiger partial charge in [-0.15, -0.1) is 11.3 Å². The summed E-state index contributed by atoms with van der Waals surface area (Å²) in [5, 5.41) is 11.2. The summed E-state index contributed by atoms with van der Waals surface area (Å²) in [5.41, 5.74) is 2.48. The van der Waals surface area contributed by atoms with Gasteiger partial charge in [0.2, 0.25) is 0 Å². The van der Waals surface area contributed by atoms with Crippen molar-refractivity contribution in [2.75, 3.05) is 5.48 Å². The SMILES string of the molecule is CC(C(=O)O)=C(C)C(=O)ONc1cccs1. The van der Waals surface area contributed by atoms with Gasteiger partial charge in [0.1, 0.15) is 5.00 Å². The zero-order valence-corrected chi connectivity index (χ0v) is 9.63. The normalized spacial score (nSPS) is 11.6. The van der Waals surface area contributed by atoms with Gasteiger partial charge in [0.05, 0.1) is 0 Å². The molecule has 0 atom stereocenters. The first-order chi connectivity index (χ1) is 7.52. The molecule has 6 heteroatoms. The molecule has 1 aromatic heterocycles. The Kier molecular flexibility index (Phi) is 4.07. The summed E-state index contributed by atoms with van der Waals surface area (Å²) in [4.78, 5) is 26.7. The summed E-state index contributed by atoms with van der Waals surface area (Å²) in [7, 11) is 0. The predicted octanol–water partition coefficient (Wildman–Crippen LogP) is 2.04. The van der Waals surface area contributed by atoms with E-state index in [9.17, 15) is 9.59 Å². The highest BCUT2D eigenvalue weighted by molar-refractivity contribution is 7.14. The van der Waals surface area contributed by atoms with E-state index >= 15 is 0 Å². The third-order valence-corrected chi connectivity index (χ3v) is 2.72. The van der Waals surface area contributed by atoms with E-state index < -0.39 is 11.9 Å². The molecule has 0 aromatic carbocycles. The van der Waals surface area contributed by atoms with Crippen molar-refractivity contribution in [3.63, 3.8) is 0 Å². The van der Waals surface area contributed by atoms with E-state index in [-0.39, 0.29) is 11.1 Å². The number of hydrogen-bond donors (Lipinski definition) is 2. The van der Waals surface area contributed by atoms with Crippen molar-refractivity contribution in [2.45, 2.75) is 13.8 Å². The van der Waals surface area contributed by atoms with Gasteiger partial charge in [-0.1, -0.05) is 0 Å². The second-order valence-electron chi connectivity index (χ2n) is 3.02. The monoisotopic (exact) mass is 241 g/mol. The molecule has 0 bridgehead atoms. The lowest BCUT2D eigenvalue weighted by atomic mass is 10.1. The lowest BCUT2D eigenvalue weighted by Gasteiger charge is -2.05. The second-order valence-corrected chi connectivity index (χ2v) is 3.97. The fourth-order valence-electron chi connectivity index (χ4n) is 0.823. The number of nitrogens with one attached hydrogen (secondary N) is 1. The molecule has 0 aliphatic rings. The van der Waals surface area contributed by atoms with E-state index in [1.54, 1.807) is 12.1 Å². The van der Waals surface area contributed by atoms with E-state index in [4.69, 9.17) is 9.94 Å². The molecule has 0 spiro atoms. The van der Waals surface area contributed by atoms with E-state index in [1.807, 2.05) is 5.38 Å². The Bertz CT molecular complexity index is 422. The van der Waals surface area contributed by atoms with E-state index in [2.05, 4.69) is 5.48 Å². The van der Waals surface area contributed by atoms with Gasteiger partial charge in [0, 0.05) is 11.1 Å². The van der Waals surface area contributed by atoms with Crippen LogP contribution < -0.4 is 5.48 Å². The summed E-state index contributed by atoms with van der Waals surface area (Å²) < 4.78 is 0. The number of hydrogen-bond acceptors (Lipinski definition) is 5. The second kappa shape index (κ2) is 5.32. The highest BCUT2D eigenvalue weighted by Gasteiger charge is 2.14. The number of anilines is 1. The summed E-state index contributed by atoms with van der Waals surface area (Å²) in [6, 6.07) is 3.53. The van der Waals surface area contributed by atoms with Gasteiger partial charge in [-0.2, -0.15) is 0 Å². The smallest absolute Gasteiger partial charge is 0.359 e. The molecule has 0 saturated carbocycles. The summed E-state index contributed by atoms with van der Waals surface area (Å²) in [6.45, 7) is 2.76. The number of carboxylic acids is 1. The zero-order valence-electron chi connectivity index (χ0n) is 8.81. The van der Waals surface area contributed by atoms with E-state index in [1.165, 1.54) is 25.2 Å². The topological polar surface area (TPSA) is 75.6 Å². The maximum atomic E-state index is 11.4. The van der Waals surface area contributed by atoms with Gasteiger partial charge in [-0.25, -0.2) is 15.1 Å². The van der Waals surface area contributed by atoms with Crippen LogP contribution in [0.25, 0.3) is 0 Å². The number of aliphatic carboxylic acids is 1. The molecule has 0 aliphatic carbocycles. The van der Waals surface area contributed by atoms with Crippen LogP contribution in [0.1, 0.15) is 13.8 Å². The van der Waals surface area contributed by atoms with Crippen LogP contribution in [0.3, 0.4) is 0 Å². The number of carboxylic acid groups (broad SMARTS) is 1. The summed E-state index contributed by atoms with van der Waals surface area (Å²) in [6.07, 6.45) is 0. The molecule has 0 radical (unpaired) electrons. The molecule has 1 aromatic rings. The Labute approximate surface area is 96.3 Å². The molecule has 16 heavy (non-hydrogen) atoms. The van der Waals surface area contributed by atoms with Crippen LogP contribution in [-0.4, -0.2) is 17.0 Å². The van der Waals surface area contributed by atoms with Crippen LogP contribution in [0.2, 0.25) is 0 Å². The molecule has 86 valence electrons. The molecule has 5 nitrogen and oxygen atoms in total. The van der Waals surface area contributed by atoms with Crippen molar-refractivity contribution in [2.24, 2.45) is 0 Å². The Morgan fingerprint density at radius 1 is 1.38 bits per heavy atom. The molecule has 0 aliphatic heterocycles. The maximum Gasteiger partial charge on any atom is 0.359 e. The average Bonchev–Trinajstić information content (AvgIpc) is 2.76. The number of carbonyl (C=O) groups is 2. The third kappa shape index (κ3) is 3.09. The van der Waals surface area contributed by atoms with Gasteiger partial charge in [-0.05, 0) is 31.4 Å². The van der Waals surface area contributed by atoms with E-state index in [0.717, 1.165) is 0 Å². The zero-order chi connectivity index (χ0) is 12.1. The Morgan fingerprint density at radius 2 is 2.06 bits per heavy atom. The van der Waals surface area contributed by atoms with Crippen molar-refractivity contribution in [3.05, 3.63) is 28.7 Å². The van der Waals surface area contributed by atoms with Gasteiger partial charge < -0.3 is 9.94 Å². The highest BCUT2D eigenvalue weighted by atomic mass is 32.1. The molecule has 2 N–H and O–H groups in total. The molecular weight excluding hydrogens is 230 g/mol. The Balaban J connectivity index is 2.59. The molecule has 0 amide bonds. The molecular formula is C10H11NO4S. The molecule has 0 unspecified atom stereocenters. The van der Waals surface area contributed by atoms with Crippen molar-refractivity contribution >= 4 is 28.3 Å². The minimum atomic E-state index is -1.13. The molecule has 0 fully saturated rings. The first-order valence-corrected chi connectivity index (χ1v) is 5.31. The van der Waals surface area contributed by atoms with Crippen LogP contribution in [0, 0.1) is 0 Å². The number of rotatable bonds is 4. The molecule has 1 rings (SSSR count). The average molecular weight is 241 g/mol. The number of thiophene rings is 1. The van der Waals surface area contributed by atoms with E-state index in [0.29, 0.717) is 5.00 Å². The lowest BCUT2D eigenvalue weighted by molar-refractivity contribution is -0.138. The first kappa shape index (κ1) is 12.3. The highest BCUT2D eigenvalue weighted by Crippen LogP contribution is 2.15. The summed E-state index contributed by atoms with van der Waals surface area (Å²) >= 11 is 1.37. The van der Waals surface area contributed by atoms with Gasteiger partial charge >= 0.3 is 11.9 Å². The summed E-state index contributed by atoms with van der Waals surface area (Å²) in [5.74, 6) is -1.83. The van der Waals surface area contributed by atoms with Crippen molar-refractivity contribution in [3.8, 4) is 0 Å². The van der Waals surface area contributed by atoms with Crippen molar-refractivity contribution in [1.29, 1.82) is 0 Å². The minimum Gasteiger partial charge on any atom is -0.478 e. The van der Waals surface area contributed by atoms with Gasteiger partial charge in [0.15, 0.2) is 0 Å². The molecule has 0 saturated heterocycles. The van der Waals surface area contributed by atoms with Gasteiger partial charge in [-0.3, -0.25) is 0 Å². The van der Waals surface area contributed by atoms with Crippen molar-refractivity contribution < 1.29 is 19.5 Å². The third-order valence-electron chi connectivity index (χ3n) is 1.95. The quantitative estimate of drug-likeness (QED) is 0.623. The minimum absolute atomic E-state index is 0.0296. The standard InChI is InChI=1S/C10H11NO4S/c1-6(9(12)13)7(2)10(14)15-11-8-4-3-5-16-8/h3-5,11H,1-2H3,(H,12,13). The van der Waals surface area contributed by atoms with Crippen LogP contribution in [-0.2, 0) is 14.4 Å². The van der Waals surface area contributed by atoms with Crippen LogP contribution in [0.4, 0.5) is 5.00 Å². The first-order valence-electron chi connectivity index (χ1n) is 4.44. The van der Waals surface area contributed by atoms with Crippen LogP contribution in [0.5, 0.6) is 0 Å². The fourth-order valence-corrected chi connectivity index (χ4v) is 1.37. The Morgan fingerprint density at radius 3 is 2.56 bits per heavy atom. The Hall–Kier alpha value is -1.82. The van der Waals surface area contributed by atoms with Crippen LogP contribution in [0.15, 0.2) is 28.7 Å². The molecule has 1 heterocycles. The fraction of sp³-hybridized carbons (Fsp3) is 0.200. The largest absolute Gasteiger partial charge is 0.478 e. The van der Waals surface area contributed by atoms with Gasteiger partial charge in [0.25, 0.3) is 0 Å².